The van der Waals surface area contributed by atoms with Gasteiger partial charge in [-0.25, -0.2) is 18.1 Å². The molecule has 2 saturated heterocycles. The zero-order chi connectivity index (χ0) is 21.5. The predicted octanol–water partition coefficient (Wildman–Crippen LogP) is 1.59. The van der Waals surface area contributed by atoms with E-state index in [0.717, 1.165) is 9.21 Å². The molecule has 158 valence electrons. The summed E-state index contributed by atoms with van der Waals surface area (Å²) in [7, 11) is -0.978. The van der Waals surface area contributed by atoms with Crippen LogP contribution < -0.4 is 19.7 Å². The normalized spacial score (nSPS) is 21.9. The minimum Gasteiger partial charge on any atom is -0.497 e. The van der Waals surface area contributed by atoms with Crippen LogP contribution in [-0.4, -0.2) is 57.5 Å². The number of ether oxygens (including phenoxy) is 2. The number of hydrogen-bond donors (Lipinski definition) is 1. The number of hydrogen-bond acceptors (Lipinski definition) is 6. The van der Waals surface area contributed by atoms with Crippen molar-refractivity contribution in [3.05, 3.63) is 48.5 Å². The van der Waals surface area contributed by atoms with Gasteiger partial charge in [0.1, 0.15) is 17.5 Å². The zero-order valence-electron chi connectivity index (χ0n) is 16.4. The van der Waals surface area contributed by atoms with Crippen molar-refractivity contribution in [1.29, 1.82) is 0 Å². The van der Waals surface area contributed by atoms with E-state index in [1.54, 1.807) is 36.4 Å². The Morgan fingerprint density at radius 3 is 2.37 bits per heavy atom. The molecular formula is C20H21N3O6S. The first-order chi connectivity index (χ1) is 14.4. The van der Waals surface area contributed by atoms with Crippen LogP contribution in [-0.2, 0) is 14.8 Å². The number of fused-ring (bicyclic) bond motifs is 1. The number of methoxy groups -OCH3 is 2. The van der Waals surface area contributed by atoms with Crippen LogP contribution in [0, 0.1) is 0 Å². The summed E-state index contributed by atoms with van der Waals surface area (Å²) >= 11 is 0. The number of nitrogens with zero attached hydrogens (tertiary/aromatic N) is 2. The van der Waals surface area contributed by atoms with Gasteiger partial charge in [0.25, 0.3) is 5.91 Å². The van der Waals surface area contributed by atoms with Crippen molar-refractivity contribution in [1.82, 2.24) is 9.62 Å². The van der Waals surface area contributed by atoms with Gasteiger partial charge < -0.3 is 14.8 Å². The van der Waals surface area contributed by atoms with Crippen LogP contribution in [0.4, 0.5) is 10.5 Å². The van der Waals surface area contributed by atoms with Gasteiger partial charge in [0.2, 0.25) is 10.0 Å². The standard InChI is InChI=1S/C20H21N3O6S/c1-28-14-6-8-16(9-7-14)30(26,27)22-11-10-17-18(22)19(24)23(20(25)21-17)13-4-3-5-15(12-13)29-2/h3-9,12,17-18H,10-11H2,1-2H3,(H,21,25). The van der Waals surface area contributed by atoms with Crippen LogP contribution in [0.2, 0.25) is 0 Å². The van der Waals surface area contributed by atoms with E-state index < -0.39 is 34.0 Å². The Labute approximate surface area is 174 Å². The molecule has 2 unspecified atom stereocenters. The summed E-state index contributed by atoms with van der Waals surface area (Å²) in [6.45, 7) is 0.127. The number of nitrogens with one attached hydrogen (secondary N) is 1. The average molecular weight is 431 g/mol. The number of carbonyl (C=O) groups is 2. The first kappa shape index (κ1) is 20.2. The highest BCUT2D eigenvalue weighted by Gasteiger charge is 2.52. The van der Waals surface area contributed by atoms with Crippen LogP contribution in [0.1, 0.15) is 6.42 Å². The van der Waals surface area contributed by atoms with E-state index in [-0.39, 0.29) is 11.4 Å². The first-order valence-electron chi connectivity index (χ1n) is 9.31. The van der Waals surface area contributed by atoms with E-state index in [4.69, 9.17) is 9.47 Å². The Morgan fingerprint density at radius 2 is 1.70 bits per heavy atom. The third-order valence-corrected chi connectivity index (χ3v) is 7.21. The molecule has 4 rings (SSSR count). The summed E-state index contributed by atoms with van der Waals surface area (Å²) in [6, 6.07) is 10.3. The Bertz CT molecular complexity index is 1090. The highest BCUT2D eigenvalue weighted by molar-refractivity contribution is 7.89. The number of benzene rings is 2. The van der Waals surface area contributed by atoms with Gasteiger partial charge in [0.05, 0.1) is 30.8 Å². The number of carbonyl (C=O) groups excluding carboxylic acids is 2. The molecule has 3 amide bonds. The molecule has 2 aromatic rings. The van der Waals surface area contributed by atoms with Gasteiger partial charge in [-0.1, -0.05) is 6.07 Å². The van der Waals surface area contributed by atoms with Crippen LogP contribution >= 0.6 is 0 Å². The van der Waals surface area contributed by atoms with Crippen LogP contribution in [0.15, 0.2) is 53.4 Å². The summed E-state index contributed by atoms with van der Waals surface area (Å²) in [6.07, 6.45) is 0.351. The molecule has 0 aromatic heterocycles. The molecule has 0 spiro atoms. The van der Waals surface area contributed by atoms with Gasteiger partial charge in [-0.2, -0.15) is 4.31 Å². The quantitative estimate of drug-likeness (QED) is 0.771. The van der Waals surface area contributed by atoms with Crippen molar-refractivity contribution in [2.75, 3.05) is 25.7 Å². The Hall–Kier alpha value is -3.11. The van der Waals surface area contributed by atoms with E-state index in [2.05, 4.69) is 5.32 Å². The second-order valence-electron chi connectivity index (χ2n) is 6.96. The zero-order valence-corrected chi connectivity index (χ0v) is 17.3. The molecule has 9 nitrogen and oxygen atoms in total. The van der Waals surface area contributed by atoms with Gasteiger partial charge in [0.15, 0.2) is 0 Å². The van der Waals surface area contributed by atoms with Crippen molar-refractivity contribution >= 4 is 27.6 Å². The van der Waals surface area contributed by atoms with Gasteiger partial charge in [-0.15, -0.1) is 0 Å². The van der Waals surface area contributed by atoms with Gasteiger partial charge in [-0.3, -0.25) is 4.79 Å². The summed E-state index contributed by atoms with van der Waals surface area (Å²) in [5.41, 5.74) is 0.309. The highest BCUT2D eigenvalue weighted by Crippen LogP contribution is 2.33. The van der Waals surface area contributed by atoms with Crippen molar-refractivity contribution in [3.63, 3.8) is 0 Å². The molecule has 1 N–H and O–H groups in total. The fourth-order valence-corrected chi connectivity index (χ4v) is 5.45. The van der Waals surface area contributed by atoms with Crippen LogP contribution in [0.5, 0.6) is 11.5 Å². The summed E-state index contributed by atoms with van der Waals surface area (Å²) < 4.78 is 37.9. The SMILES string of the molecule is COc1ccc(S(=O)(=O)N2CCC3NC(=O)N(c4cccc(OC)c4)C(=O)C32)cc1. The number of urea groups is 1. The average Bonchev–Trinajstić information content (AvgIpc) is 3.19. The number of sulfonamides is 1. The lowest BCUT2D eigenvalue weighted by atomic mass is 10.1. The molecule has 10 heteroatoms. The lowest BCUT2D eigenvalue weighted by molar-refractivity contribution is -0.122. The molecule has 2 aliphatic heterocycles. The predicted molar refractivity (Wildman–Crippen MR) is 108 cm³/mol. The van der Waals surface area contributed by atoms with Gasteiger partial charge in [0, 0.05) is 12.6 Å². The van der Waals surface area contributed by atoms with Crippen LogP contribution in [0.25, 0.3) is 0 Å². The molecule has 2 heterocycles. The lowest BCUT2D eigenvalue weighted by Gasteiger charge is -2.36. The van der Waals surface area contributed by atoms with Crippen LogP contribution in [0.3, 0.4) is 0 Å². The minimum absolute atomic E-state index is 0.0570. The number of anilines is 1. The molecular weight excluding hydrogens is 410 g/mol. The maximum Gasteiger partial charge on any atom is 0.329 e. The second kappa shape index (κ2) is 7.62. The largest absolute Gasteiger partial charge is 0.497 e. The Kier molecular flexibility index (Phi) is 5.12. The first-order valence-corrected chi connectivity index (χ1v) is 10.8. The number of rotatable bonds is 5. The molecule has 2 aliphatic rings. The molecule has 0 bridgehead atoms. The molecule has 0 radical (unpaired) electrons. The number of amides is 3. The van der Waals surface area contributed by atoms with E-state index in [0.29, 0.717) is 23.6 Å². The third kappa shape index (κ3) is 3.27. The van der Waals surface area contributed by atoms with Gasteiger partial charge >= 0.3 is 6.03 Å². The van der Waals surface area contributed by atoms with Crippen molar-refractivity contribution in [2.45, 2.75) is 23.4 Å². The third-order valence-electron chi connectivity index (χ3n) is 5.31. The monoisotopic (exact) mass is 431 g/mol. The molecule has 2 atom stereocenters. The van der Waals surface area contributed by atoms with Crippen molar-refractivity contribution in [2.24, 2.45) is 0 Å². The lowest BCUT2D eigenvalue weighted by Crippen LogP contribution is -2.64. The minimum atomic E-state index is -3.95. The summed E-state index contributed by atoms with van der Waals surface area (Å²) in [5.74, 6) is 0.411. The fraction of sp³-hybridized carbons (Fsp3) is 0.300. The van der Waals surface area contributed by atoms with E-state index in [1.165, 1.54) is 26.4 Å². The number of imide groups is 1. The summed E-state index contributed by atoms with van der Waals surface area (Å²) in [5, 5.41) is 2.77. The Balaban J connectivity index is 1.68. The van der Waals surface area contributed by atoms with E-state index in [9.17, 15) is 18.0 Å². The molecule has 0 aliphatic carbocycles. The fourth-order valence-electron chi connectivity index (χ4n) is 3.81. The summed E-state index contributed by atoms with van der Waals surface area (Å²) in [4.78, 5) is 26.9. The maximum absolute atomic E-state index is 13.3. The second-order valence-corrected chi connectivity index (χ2v) is 8.85. The Morgan fingerprint density at radius 1 is 1.00 bits per heavy atom. The highest BCUT2D eigenvalue weighted by atomic mass is 32.2. The maximum atomic E-state index is 13.3. The molecule has 2 aromatic carbocycles. The smallest absolute Gasteiger partial charge is 0.329 e. The molecule has 2 fully saturated rings. The van der Waals surface area contributed by atoms with Crippen molar-refractivity contribution < 1.29 is 27.5 Å². The van der Waals surface area contributed by atoms with E-state index >= 15 is 0 Å². The van der Waals surface area contributed by atoms with Crippen molar-refractivity contribution in [3.8, 4) is 11.5 Å². The topological polar surface area (TPSA) is 105 Å². The van der Waals surface area contributed by atoms with Gasteiger partial charge in [-0.05, 0) is 42.8 Å². The molecule has 30 heavy (non-hydrogen) atoms. The molecule has 0 saturated carbocycles. The van der Waals surface area contributed by atoms with E-state index in [1.807, 2.05) is 0 Å².